The van der Waals surface area contributed by atoms with E-state index in [0.29, 0.717) is 0 Å². The van der Waals surface area contributed by atoms with Crippen molar-refractivity contribution in [3.8, 4) is 22.9 Å². The highest BCUT2D eigenvalue weighted by Gasteiger charge is 2.34. The van der Waals surface area contributed by atoms with Gasteiger partial charge in [-0.05, 0) is 23.2 Å². The summed E-state index contributed by atoms with van der Waals surface area (Å²) in [6, 6.07) is 21.4. The van der Waals surface area contributed by atoms with Crippen LogP contribution in [0.3, 0.4) is 0 Å². The first kappa shape index (κ1) is 19.1. The normalized spacial score (nSPS) is 10.3. The molecule has 0 aliphatic heterocycles. The zero-order valence-corrected chi connectivity index (χ0v) is 16.5. The Labute approximate surface area is 154 Å². The Hall–Kier alpha value is -2.22. The van der Waals surface area contributed by atoms with E-state index in [4.69, 9.17) is 0 Å². The predicted molar refractivity (Wildman–Crippen MR) is 113 cm³/mol. The first-order valence-electron chi connectivity index (χ1n) is 9.44. The molecule has 0 unspecified atom stereocenters. The lowest BCUT2D eigenvalue weighted by Crippen LogP contribution is -2.57. The third kappa shape index (κ3) is 5.38. The fourth-order valence-corrected chi connectivity index (χ4v) is 5.92. The molecule has 0 aromatic heterocycles. The minimum atomic E-state index is -2.37. The summed E-state index contributed by atoms with van der Waals surface area (Å²) < 4.78 is 0. The number of hydrogen-bond donors (Lipinski definition) is 0. The second-order valence-corrected chi connectivity index (χ2v) is 9.45. The van der Waals surface area contributed by atoms with Crippen LogP contribution in [-0.4, -0.2) is 8.07 Å². The van der Waals surface area contributed by atoms with E-state index in [1.807, 2.05) is 0 Å². The van der Waals surface area contributed by atoms with Crippen LogP contribution in [0.15, 0.2) is 60.7 Å². The molecule has 0 aliphatic rings. The van der Waals surface area contributed by atoms with E-state index in [0.717, 1.165) is 25.7 Å². The molecule has 0 radical (unpaired) electrons. The Morgan fingerprint density at radius 2 is 1.04 bits per heavy atom. The van der Waals surface area contributed by atoms with Crippen LogP contribution < -0.4 is 10.4 Å². The summed E-state index contributed by atoms with van der Waals surface area (Å²) in [4.78, 5) is 0. The summed E-state index contributed by atoms with van der Waals surface area (Å²) in [6.07, 6.45) is 6.60. The molecule has 0 amide bonds. The highest BCUT2D eigenvalue weighted by molar-refractivity contribution is 7.13. The van der Waals surface area contributed by atoms with Crippen molar-refractivity contribution in [1.82, 2.24) is 0 Å². The summed E-state index contributed by atoms with van der Waals surface area (Å²) in [5.74, 6) is 6.95. The number of unbranched alkanes of at least 4 members (excludes halogenated alkanes) is 4. The fraction of sp³-hybridized carbons (Fsp3) is 0.333. The second-order valence-electron chi connectivity index (χ2n) is 6.29. The maximum absolute atomic E-state index is 3.69. The van der Waals surface area contributed by atoms with Crippen LogP contribution in [0.25, 0.3) is 0 Å². The lowest BCUT2D eigenvalue weighted by atomic mass is 10.3. The summed E-state index contributed by atoms with van der Waals surface area (Å²) >= 11 is 0. The zero-order chi connectivity index (χ0) is 17.8. The van der Waals surface area contributed by atoms with Crippen molar-refractivity contribution in [2.24, 2.45) is 0 Å². The van der Waals surface area contributed by atoms with Crippen molar-refractivity contribution in [2.45, 2.75) is 52.4 Å². The van der Waals surface area contributed by atoms with Gasteiger partial charge >= 0.3 is 0 Å². The monoisotopic (exact) mass is 344 g/mol. The van der Waals surface area contributed by atoms with Crippen LogP contribution in [-0.2, 0) is 0 Å². The van der Waals surface area contributed by atoms with Gasteiger partial charge < -0.3 is 0 Å². The molecule has 0 nitrogen and oxygen atoms in total. The number of hydrogen-bond acceptors (Lipinski definition) is 0. The quantitative estimate of drug-likeness (QED) is 0.404. The zero-order valence-electron chi connectivity index (χ0n) is 15.5. The molecule has 0 spiro atoms. The Morgan fingerprint density at radius 1 is 0.640 bits per heavy atom. The molecule has 25 heavy (non-hydrogen) atoms. The van der Waals surface area contributed by atoms with E-state index < -0.39 is 8.07 Å². The molecule has 0 heterocycles. The van der Waals surface area contributed by atoms with E-state index >= 15 is 0 Å². The average molecular weight is 345 g/mol. The highest BCUT2D eigenvalue weighted by atomic mass is 28.3. The predicted octanol–water partition coefficient (Wildman–Crippen LogP) is 4.72. The van der Waals surface area contributed by atoms with Gasteiger partial charge in [-0.3, -0.25) is 0 Å². The van der Waals surface area contributed by atoms with Crippen LogP contribution in [0.4, 0.5) is 0 Å². The van der Waals surface area contributed by atoms with Crippen LogP contribution in [0.5, 0.6) is 0 Å². The van der Waals surface area contributed by atoms with E-state index in [-0.39, 0.29) is 0 Å². The third-order valence-corrected chi connectivity index (χ3v) is 7.78. The minimum Gasteiger partial charge on any atom is -0.108 e. The highest BCUT2D eigenvalue weighted by Crippen LogP contribution is 2.06. The van der Waals surface area contributed by atoms with Crippen molar-refractivity contribution in [2.75, 3.05) is 0 Å². The molecular formula is C24H28Si. The Balaban J connectivity index is 2.55. The SMILES string of the molecule is CCCCC#C[Si](C#CCCCC)(c1ccccc1)c1ccccc1. The molecule has 0 saturated carbocycles. The van der Waals surface area contributed by atoms with E-state index in [1.165, 1.54) is 23.2 Å². The van der Waals surface area contributed by atoms with Crippen molar-refractivity contribution in [3.63, 3.8) is 0 Å². The molecule has 0 aliphatic carbocycles. The third-order valence-electron chi connectivity index (χ3n) is 4.28. The van der Waals surface area contributed by atoms with Crippen molar-refractivity contribution in [3.05, 3.63) is 60.7 Å². The maximum atomic E-state index is 3.69. The van der Waals surface area contributed by atoms with Gasteiger partial charge in [-0.25, -0.2) is 0 Å². The molecule has 0 saturated heterocycles. The van der Waals surface area contributed by atoms with E-state index in [2.05, 4.69) is 97.4 Å². The molecular weight excluding hydrogens is 316 g/mol. The molecule has 2 rings (SSSR count). The van der Waals surface area contributed by atoms with E-state index in [9.17, 15) is 0 Å². The second kappa shape index (κ2) is 10.6. The summed E-state index contributed by atoms with van der Waals surface area (Å²) in [5, 5.41) is 2.60. The first-order valence-corrected chi connectivity index (χ1v) is 11.4. The summed E-state index contributed by atoms with van der Waals surface area (Å²) in [5.41, 5.74) is 7.39. The lowest BCUT2D eigenvalue weighted by molar-refractivity contribution is 0.828. The van der Waals surface area contributed by atoms with Gasteiger partial charge in [-0.1, -0.05) is 87.4 Å². The number of rotatable bonds is 6. The van der Waals surface area contributed by atoms with Crippen LogP contribution in [0.1, 0.15) is 52.4 Å². The van der Waals surface area contributed by atoms with Gasteiger partial charge in [0.05, 0.1) is 0 Å². The topological polar surface area (TPSA) is 0 Å². The first-order chi connectivity index (χ1) is 12.3. The molecule has 128 valence electrons. The minimum absolute atomic E-state index is 0.960. The van der Waals surface area contributed by atoms with Gasteiger partial charge in [-0.15, -0.1) is 22.9 Å². The van der Waals surface area contributed by atoms with Gasteiger partial charge in [0.15, 0.2) is 0 Å². The number of benzene rings is 2. The van der Waals surface area contributed by atoms with E-state index in [1.54, 1.807) is 0 Å². The van der Waals surface area contributed by atoms with Crippen LogP contribution in [0, 0.1) is 22.9 Å². The fourth-order valence-electron chi connectivity index (χ4n) is 2.78. The summed E-state index contributed by atoms with van der Waals surface area (Å²) in [7, 11) is -2.37. The van der Waals surface area contributed by atoms with Gasteiger partial charge in [0.25, 0.3) is 8.07 Å². The van der Waals surface area contributed by atoms with Crippen molar-refractivity contribution < 1.29 is 0 Å². The van der Waals surface area contributed by atoms with Gasteiger partial charge in [0.1, 0.15) is 0 Å². The Kier molecular flexibility index (Phi) is 8.10. The average Bonchev–Trinajstić information content (AvgIpc) is 2.68. The van der Waals surface area contributed by atoms with Gasteiger partial charge in [-0.2, -0.15) is 0 Å². The molecule has 0 N–H and O–H groups in total. The van der Waals surface area contributed by atoms with Gasteiger partial charge in [0, 0.05) is 12.8 Å². The molecule has 2 aromatic carbocycles. The van der Waals surface area contributed by atoms with Crippen LogP contribution in [0.2, 0.25) is 0 Å². The van der Waals surface area contributed by atoms with Crippen molar-refractivity contribution in [1.29, 1.82) is 0 Å². The standard InChI is InChI=1S/C24H28Si/c1-3-5-7-15-21-25(22-16-8-6-4-2,23-17-11-9-12-18-23)24-19-13-10-14-20-24/h9-14,17-20H,3-8H2,1-2H3. The van der Waals surface area contributed by atoms with Gasteiger partial charge in [0.2, 0.25) is 0 Å². The largest absolute Gasteiger partial charge is 0.275 e. The van der Waals surface area contributed by atoms with Crippen molar-refractivity contribution >= 4 is 18.4 Å². The molecule has 0 fully saturated rings. The Morgan fingerprint density at radius 3 is 1.40 bits per heavy atom. The maximum Gasteiger partial charge on any atom is 0.275 e. The molecule has 0 bridgehead atoms. The summed E-state index contributed by atoms with van der Waals surface area (Å²) in [6.45, 7) is 4.43. The van der Waals surface area contributed by atoms with Crippen LogP contribution >= 0.6 is 0 Å². The molecule has 1 heteroatoms. The lowest BCUT2D eigenvalue weighted by Gasteiger charge is -2.21. The molecule has 2 aromatic rings. The molecule has 0 atom stereocenters. The smallest absolute Gasteiger partial charge is 0.108 e. The Bertz CT molecular complexity index is 671.